The fraction of sp³-hybridized carbons (Fsp3) is 0.333. The van der Waals surface area contributed by atoms with E-state index < -0.39 is 11.7 Å². The van der Waals surface area contributed by atoms with Gasteiger partial charge >= 0.3 is 6.18 Å². The van der Waals surface area contributed by atoms with Crippen LogP contribution in [0.2, 0.25) is 0 Å². The summed E-state index contributed by atoms with van der Waals surface area (Å²) >= 11 is 1.49. The van der Waals surface area contributed by atoms with Crippen molar-refractivity contribution in [1.29, 1.82) is 0 Å². The molecule has 0 aliphatic heterocycles. The predicted molar refractivity (Wildman–Crippen MR) is 74.6 cm³/mol. The van der Waals surface area contributed by atoms with Crippen molar-refractivity contribution in [3.63, 3.8) is 0 Å². The molecule has 1 aromatic heterocycles. The van der Waals surface area contributed by atoms with E-state index in [-0.39, 0.29) is 19.4 Å². The van der Waals surface area contributed by atoms with E-state index in [4.69, 9.17) is 0 Å². The minimum absolute atomic E-state index is 0.188. The smallest absolute Gasteiger partial charge is 0.299 e. The fourth-order valence-electron chi connectivity index (χ4n) is 2.20. The average molecular weight is 297 g/mol. The second-order valence-electron chi connectivity index (χ2n) is 5.10. The SMILES string of the molecule is FC(F)(F)C1(NCc2cc(-c3ccccc3)cs2)CC1. The zero-order chi connectivity index (χ0) is 14.2. The molecule has 1 nitrogen and oxygen atoms in total. The Bertz CT molecular complexity index is 585. The molecule has 0 bridgehead atoms. The quantitative estimate of drug-likeness (QED) is 0.869. The Morgan fingerprint density at radius 3 is 2.40 bits per heavy atom. The molecule has 5 heteroatoms. The van der Waals surface area contributed by atoms with Gasteiger partial charge in [0.2, 0.25) is 0 Å². The van der Waals surface area contributed by atoms with E-state index >= 15 is 0 Å². The zero-order valence-electron chi connectivity index (χ0n) is 10.7. The van der Waals surface area contributed by atoms with Crippen LogP contribution in [0.3, 0.4) is 0 Å². The third-order valence-corrected chi connectivity index (χ3v) is 4.59. The summed E-state index contributed by atoms with van der Waals surface area (Å²) in [5.74, 6) is 0. The Morgan fingerprint density at radius 1 is 1.10 bits per heavy atom. The van der Waals surface area contributed by atoms with Crippen LogP contribution >= 0.6 is 11.3 Å². The summed E-state index contributed by atoms with van der Waals surface area (Å²) in [6, 6.07) is 11.8. The van der Waals surface area contributed by atoms with Crippen molar-refractivity contribution in [3.05, 3.63) is 46.7 Å². The highest BCUT2D eigenvalue weighted by molar-refractivity contribution is 7.10. The molecule has 1 N–H and O–H groups in total. The van der Waals surface area contributed by atoms with Crippen molar-refractivity contribution in [2.24, 2.45) is 0 Å². The minimum atomic E-state index is -4.15. The lowest BCUT2D eigenvalue weighted by Crippen LogP contribution is -2.44. The molecular formula is C15H14F3NS. The van der Waals surface area contributed by atoms with E-state index in [2.05, 4.69) is 5.32 Å². The van der Waals surface area contributed by atoms with Crippen LogP contribution in [-0.2, 0) is 6.54 Å². The summed E-state index contributed by atoms with van der Waals surface area (Å²) in [7, 11) is 0. The molecule has 0 spiro atoms. The van der Waals surface area contributed by atoms with Gasteiger partial charge in [0.15, 0.2) is 0 Å². The van der Waals surface area contributed by atoms with E-state index in [0.29, 0.717) is 0 Å². The third-order valence-electron chi connectivity index (χ3n) is 3.65. The number of benzene rings is 1. The summed E-state index contributed by atoms with van der Waals surface area (Å²) in [6.07, 6.45) is -3.77. The van der Waals surface area contributed by atoms with Crippen LogP contribution in [0, 0.1) is 0 Å². The maximum Gasteiger partial charge on any atom is 0.406 e. The van der Waals surface area contributed by atoms with Gasteiger partial charge in [0.1, 0.15) is 5.54 Å². The van der Waals surface area contributed by atoms with E-state index in [9.17, 15) is 13.2 Å². The van der Waals surface area contributed by atoms with Crippen LogP contribution in [0.25, 0.3) is 11.1 Å². The summed E-state index contributed by atoms with van der Waals surface area (Å²) < 4.78 is 38.4. The minimum Gasteiger partial charge on any atom is -0.299 e. The van der Waals surface area contributed by atoms with Gasteiger partial charge in [0.25, 0.3) is 0 Å². The van der Waals surface area contributed by atoms with Crippen molar-refractivity contribution < 1.29 is 13.2 Å². The first-order valence-corrected chi connectivity index (χ1v) is 7.33. The number of alkyl halides is 3. The number of halogens is 3. The number of hydrogen-bond acceptors (Lipinski definition) is 2. The molecule has 0 saturated heterocycles. The summed E-state index contributed by atoms with van der Waals surface area (Å²) in [6.45, 7) is 0.275. The summed E-state index contributed by atoms with van der Waals surface area (Å²) in [5.41, 5.74) is 0.514. The summed E-state index contributed by atoms with van der Waals surface area (Å²) in [5, 5.41) is 4.66. The highest BCUT2D eigenvalue weighted by Gasteiger charge is 2.62. The maximum atomic E-state index is 12.8. The Balaban J connectivity index is 1.67. The lowest BCUT2D eigenvalue weighted by atomic mass is 10.1. The number of thiophene rings is 1. The predicted octanol–water partition coefficient (Wildman–Crippen LogP) is 4.60. The molecule has 3 rings (SSSR count). The first-order chi connectivity index (χ1) is 9.50. The number of nitrogens with one attached hydrogen (secondary N) is 1. The highest BCUT2D eigenvalue weighted by Crippen LogP contribution is 2.49. The molecule has 0 radical (unpaired) electrons. The number of hydrogen-bond donors (Lipinski definition) is 1. The van der Waals surface area contributed by atoms with Crippen molar-refractivity contribution in [3.8, 4) is 11.1 Å². The standard InChI is InChI=1S/C15H14F3NS/c16-15(17,18)14(6-7-14)19-9-13-8-12(10-20-13)11-4-2-1-3-5-11/h1-5,8,10,19H,6-7,9H2. The summed E-state index contributed by atoms with van der Waals surface area (Å²) in [4.78, 5) is 0.930. The monoisotopic (exact) mass is 297 g/mol. The second kappa shape index (κ2) is 4.90. The van der Waals surface area contributed by atoms with Crippen molar-refractivity contribution in [2.75, 3.05) is 0 Å². The largest absolute Gasteiger partial charge is 0.406 e. The molecule has 1 aliphatic carbocycles. The normalized spacial score (nSPS) is 17.1. The molecule has 1 fully saturated rings. The first kappa shape index (κ1) is 13.6. The van der Waals surface area contributed by atoms with Gasteiger partial charge in [0.05, 0.1) is 0 Å². The Labute approximate surface area is 119 Å². The first-order valence-electron chi connectivity index (χ1n) is 6.45. The lowest BCUT2D eigenvalue weighted by Gasteiger charge is -2.20. The second-order valence-corrected chi connectivity index (χ2v) is 6.10. The van der Waals surface area contributed by atoms with Crippen molar-refractivity contribution in [2.45, 2.75) is 31.1 Å². The van der Waals surface area contributed by atoms with Gasteiger partial charge in [-0.2, -0.15) is 13.2 Å². The van der Waals surface area contributed by atoms with Crippen LogP contribution in [0.5, 0.6) is 0 Å². The van der Waals surface area contributed by atoms with Gasteiger partial charge in [-0.25, -0.2) is 0 Å². The highest BCUT2D eigenvalue weighted by atomic mass is 32.1. The molecule has 106 valence electrons. The van der Waals surface area contributed by atoms with E-state index in [1.807, 2.05) is 41.8 Å². The van der Waals surface area contributed by atoms with Crippen molar-refractivity contribution in [1.82, 2.24) is 5.32 Å². The zero-order valence-corrected chi connectivity index (χ0v) is 11.5. The fourth-order valence-corrected chi connectivity index (χ4v) is 3.03. The lowest BCUT2D eigenvalue weighted by molar-refractivity contribution is -0.166. The maximum absolute atomic E-state index is 12.8. The van der Waals surface area contributed by atoms with Crippen LogP contribution in [-0.4, -0.2) is 11.7 Å². The van der Waals surface area contributed by atoms with Crippen molar-refractivity contribution >= 4 is 11.3 Å². The van der Waals surface area contributed by atoms with Gasteiger partial charge in [-0.1, -0.05) is 30.3 Å². The van der Waals surface area contributed by atoms with Gasteiger partial charge in [0, 0.05) is 11.4 Å². The van der Waals surface area contributed by atoms with Gasteiger partial charge in [-0.15, -0.1) is 11.3 Å². The van der Waals surface area contributed by atoms with Crippen LogP contribution in [0.15, 0.2) is 41.8 Å². The van der Waals surface area contributed by atoms with Crippen LogP contribution in [0.1, 0.15) is 17.7 Å². The third kappa shape index (κ3) is 2.60. The molecule has 1 aliphatic rings. The molecule has 1 aromatic carbocycles. The van der Waals surface area contributed by atoms with E-state index in [0.717, 1.165) is 16.0 Å². The molecule has 0 atom stereocenters. The van der Waals surface area contributed by atoms with Crippen LogP contribution in [0.4, 0.5) is 13.2 Å². The molecular weight excluding hydrogens is 283 g/mol. The van der Waals surface area contributed by atoms with Gasteiger partial charge < -0.3 is 0 Å². The molecule has 0 amide bonds. The Morgan fingerprint density at radius 2 is 1.80 bits per heavy atom. The number of rotatable bonds is 4. The topological polar surface area (TPSA) is 12.0 Å². The Kier molecular flexibility index (Phi) is 3.34. The van der Waals surface area contributed by atoms with E-state index in [1.165, 1.54) is 11.3 Å². The Hall–Kier alpha value is -1.33. The molecule has 20 heavy (non-hydrogen) atoms. The molecule has 1 saturated carbocycles. The van der Waals surface area contributed by atoms with E-state index in [1.54, 1.807) is 0 Å². The van der Waals surface area contributed by atoms with Gasteiger partial charge in [-0.3, -0.25) is 5.32 Å². The van der Waals surface area contributed by atoms with Gasteiger partial charge in [-0.05, 0) is 35.4 Å². The molecule has 0 unspecified atom stereocenters. The van der Waals surface area contributed by atoms with Crippen LogP contribution < -0.4 is 5.32 Å². The molecule has 1 heterocycles. The molecule has 2 aromatic rings. The average Bonchev–Trinajstić information content (AvgIpc) is 3.09.